The number of alkyl halides is 1. The Kier molecular flexibility index (Phi) is 2.28. The number of nitrogen functional groups attached to an aromatic ring is 1. The van der Waals surface area contributed by atoms with Gasteiger partial charge < -0.3 is 11.5 Å². The maximum Gasteiger partial charge on any atom is 0.248 e. The third-order valence-corrected chi connectivity index (χ3v) is 1.57. The van der Waals surface area contributed by atoms with Crippen LogP contribution in [0.15, 0.2) is 18.2 Å². The first-order valence-electron chi connectivity index (χ1n) is 3.39. The van der Waals surface area contributed by atoms with Crippen molar-refractivity contribution in [2.45, 2.75) is 6.67 Å². The van der Waals surface area contributed by atoms with Gasteiger partial charge in [-0.25, -0.2) is 4.39 Å². The van der Waals surface area contributed by atoms with Crippen LogP contribution < -0.4 is 11.5 Å². The van der Waals surface area contributed by atoms with Crippen LogP contribution in [0.25, 0.3) is 0 Å². The smallest absolute Gasteiger partial charge is 0.248 e. The first-order valence-corrected chi connectivity index (χ1v) is 3.39. The van der Waals surface area contributed by atoms with Crippen LogP contribution in [0.2, 0.25) is 0 Å². The van der Waals surface area contributed by atoms with Crippen molar-refractivity contribution in [1.82, 2.24) is 0 Å². The van der Waals surface area contributed by atoms with Gasteiger partial charge in [0.15, 0.2) is 0 Å². The molecule has 0 unspecified atom stereocenters. The molecule has 0 heterocycles. The molecule has 4 N–H and O–H groups in total. The predicted octanol–water partition coefficient (Wildman–Crippen LogP) is 0.837. The minimum atomic E-state index is -0.688. The van der Waals surface area contributed by atoms with E-state index in [1.807, 2.05) is 0 Å². The normalized spacial score (nSPS) is 9.75. The molecule has 0 aromatic heterocycles. The van der Waals surface area contributed by atoms with Gasteiger partial charge in [0.05, 0.1) is 0 Å². The van der Waals surface area contributed by atoms with E-state index in [2.05, 4.69) is 0 Å². The van der Waals surface area contributed by atoms with Crippen LogP contribution in [0.3, 0.4) is 0 Å². The number of carbonyl (C=O) groups is 1. The number of primary amides is 1. The molecule has 0 saturated carbocycles. The highest BCUT2D eigenvalue weighted by Crippen LogP contribution is 2.14. The Morgan fingerprint density at radius 2 is 2.17 bits per heavy atom. The van der Waals surface area contributed by atoms with Crippen LogP contribution in [0.5, 0.6) is 0 Å². The lowest BCUT2D eigenvalue weighted by Gasteiger charge is -2.02. The summed E-state index contributed by atoms with van der Waals surface area (Å²) in [5.41, 5.74) is 11.3. The first kappa shape index (κ1) is 8.52. The van der Waals surface area contributed by atoms with E-state index in [-0.39, 0.29) is 5.56 Å². The molecule has 12 heavy (non-hydrogen) atoms. The largest absolute Gasteiger partial charge is 0.398 e. The molecule has 0 spiro atoms. The van der Waals surface area contributed by atoms with Crippen LogP contribution in [0, 0.1) is 0 Å². The monoisotopic (exact) mass is 168 g/mol. The fourth-order valence-corrected chi connectivity index (χ4v) is 0.875. The minimum absolute atomic E-state index is 0.275. The molecule has 0 radical (unpaired) electrons. The Bertz CT molecular complexity index is 312. The first-order chi connectivity index (χ1) is 5.65. The summed E-state index contributed by atoms with van der Waals surface area (Å²) in [6, 6.07) is 4.30. The Morgan fingerprint density at radius 1 is 1.50 bits per heavy atom. The highest BCUT2D eigenvalue weighted by Gasteiger charge is 2.03. The second kappa shape index (κ2) is 3.21. The highest BCUT2D eigenvalue weighted by molar-refractivity contribution is 5.93. The summed E-state index contributed by atoms with van der Waals surface area (Å²) in [5, 5.41) is 0. The van der Waals surface area contributed by atoms with Gasteiger partial charge in [0.1, 0.15) is 6.67 Å². The van der Waals surface area contributed by atoms with E-state index < -0.39 is 12.6 Å². The highest BCUT2D eigenvalue weighted by atomic mass is 19.1. The van der Waals surface area contributed by atoms with Gasteiger partial charge in [0.2, 0.25) is 5.91 Å². The van der Waals surface area contributed by atoms with E-state index in [4.69, 9.17) is 11.5 Å². The van der Waals surface area contributed by atoms with Crippen molar-refractivity contribution < 1.29 is 9.18 Å². The summed E-state index contributed by atoms with van der Waals surface area (Å²) < 4.78 is 12.2. The number of amides is 1. The van der Waals surface area contributed by atoms with Crippen molar-refractivity contribution in [2.75, 3.05) is 5.73 Å². The van der Waals surface area contributed by atoms with E-state index >= 15 is 0 Å². The van der Waals surface area contributed by atoms with Crippen LogP contribution in [-0.4, -0.2) is 5.91 Å². The number of benzene rings is 1. The Hall–Kier alpha value is -1.58. The number of nitrogens with two attached hydrogens (primary N) is 2. The van der Waals surface area contributed by atoms with Crippen molar-refractivity contribution in [3.8, 4) is 0 Å². The molecule has 1 rings (SSSR count). The molecule has 3 nitrogen and oxygen atoms in total. The molecule has 0 atom stereocenters. The SMILES string of the molecule is NC(=O)c1ccc(N)c(CF)c1. The predicted molar refractivity (Wildman–Crippen MR) is 44.2 cm³/mol. The number of carbonyl (C=O) groups excluding carboxylic acids is 1. The molecule has 0 aliphatic heterocycles. The number of hydrogen-bond donors (Lipinski definition) is 2. The quantitative estimate of drug-likeness (QED) is 0.642. The van der Waals surface area contributed by atoms with Gasteiger partial charge in [-0.3, -0.25) is 4.79 Å². The fraction of sp³-hybridized carbons (Fsp3) is 0.125. The molecule has 0 aliphatic rings. The molecule has 0 aliphatic carbocycles. The van der Waals surface area contributed by atoms with Crippen molar-refractivity contribution in [3.05, 3.63) is 29.3 Å². The third-order valence-electron chi connectivity index (χ3n) is 1.57. The summed E-state index contributed by atoms with van der Waals surface area (Å²) in [5.74, 6) is -0.579. The third kappa shape index (κ3) is 1.53. The van der Waals surface area contributed by atoms with Crippen LogP contribution in [-0.2, 0) is 6.67 Å². The molecule has 0 bridgehead atoms. The average molecular weight is 168 g/mol. The van der Waals surface area contributed by atoms with Crippen molar-refractivity contribution in [1.29, 1.82) is 0 Å². The van der Waals surface area contributed by atoms with Gasteiger partial charge in [-0.15, -0.1) is 0 Å². The maximum absolute atomic E-state index is 12.2. The second-order valence-electron chi connectivity index (χ2n) is 2.41. The number of halogens is 1. The van der Waals surface area contributed by atoms with Gasteiger partial charge in [-0.1, -0.05) is 0 Å². The summed E-state index contributed by atoms with van der Waals surface area (Å²) in [4.78, 5) is 10.6. The summed E-state index contributed by atoms with van der Waals surface area (Å²) in [6.45, 7) is -0.688. The zero-order valence-corrected chi connectivity index (χ0v) is 6.38. The van der Waals surface area contributed by atoms with E-state index in [0.29, 0.717) is 11.3 Å². The number of hydrogen-bond acceptors (Lipinski definition) is 2. The average Bonchev–Trinajstić information content (AvgIpc) is 2.05. The van der Waals surface area contributed by atoms with E-state index in [1.165, 1.54) is 18.2 Å². The topological polar surface area (TPSA) is 69.1 Å². The van der Waals surface area contributed by atoms with Crippen LogP contribution in [0.1, 0.15) is 15.9 Å². The molecule has 64 valence electrons. The van der Waals surface area contributed by atoms with Crippen LogP contribution >= 0.6 is 0 Å². The van der Waals surface area contributed by atoms with Crippen LogP contribution in [0.4, 0.5) is 10.1 Å². The standard InChI is InChI=1S/C8H9FN2O/c9-4-6-3-5(8(11)12)1-2-7(6)10/h1-3H,4,10H2,(H2,11,12). The van der Waals surface area contributed by atoms with Crippen molar-refractivity contribution >= 4 is 11.6 Å². The van der Waals surface area contributed by atoms with Gasteiger partial charge in [-0.05, 0) is 18.2 Å². The van der Waals surface area contributed by atoms with Gasteiger partial charge >= 0.3 is 0 Å². The van der Waals surface area contributed by atoms with Gasteiger partial charge in [0.25, 0.3) is 0 Å². The lowest BCUT2D eigenvalue weighted by atomic mass is 10.1. The van der Waals surface area contributed by atoms with Crippen molar-refractivity contribution in [2.24, 2.45) is 5.73 Å². The minimum Gasteiger partial charge on any atom is -0.398 e. The van der Waals surface area contributed by atoms with Gasteiger partial charge in [0, 0.05) is 16.8 Å². The maximum atomic E-state index is 12.2. The second-order valence-corrected chi connectivity index (χ2v) is 2.41. The lowest BCUT2D eigenvalue weighted by Crippen LogP contribution is -2.11. The van der Waals surface area contributed by atoms with Gasteiger partial charge in [-0.2, -0.15) is 0 Å². The van der Waals surface area contributed by atoms with E-state index in [0.717, 1.165) is 0 Å². The molecule has 1 aromatic carbocycles. The Morgan fingerprint density at radius 3 is 2.67 bits per heavy atom. The Balaban J connectivity index is 3.13. The molecular formula is C8H9FN2O. The van der Waals surface area contributed by atoms with E-state index in [1.54, 1.807) is 0 Å². The molecule has 0 saturated heterocycles. The summed E-state index contributed by atoms with van der Waals surface area (Å²) >= 11 is 0. The summed E-state index contributed by atoms with van der Waals surface area (Å²) in [7, 11) is 0. The molecule has 1 amide bonds. The van der Waals surface area contributed by atoms with Crippen molar-refractivity contribution in [3.63, 3.8) is 0 Å². The number of anilines is 1. The lowest BCUT2D eigenvalue weighted by molar-refractivity contribution is 0.1000. The molecule has 4 heteroatoms. The van der Waals surface area contributed by atoms with E-state index in [9.17, 15) is 9.18 Å². The zero-order valence-electron chi connectivity index (χ0n) is 6.38. The molecule has 0 fully saturated rings. The Labute approximate surface area is 69.2 Å². The molecule has 1 aromatic rings. The number of rotatable bonds is 2. The zero-order chi connectivity index (χ0) is 9.14. The molecular weight excluding hydrogens is 159 g/mol. The fourth-order valence-electron chi connectivity index (χ4n) is 0.875. The summed E-state index contributed by atoms with van der Waals surface area (Å²) in [6.07, 6.45) is 0.